The molecular formula is C66H61Cl2SiZr-3. The first-order valence-electron chi connectivity index (χ1n) is 24.6. The third-order valence-electron chi connectivity index (χ3n) is 13.4. The van der Waals surface area contributed by atoms with E-state index in [1.54, 1.807) is 0 Å². The van der Waals surface area contributed by atoms with E-state index in [1.807, 2.05) is 6.07 Å². The fraction of sp³-hybridized carbons (Fsp3) is 0.182. The fourth-order valence-corrected chi connectivity index (χ4v) is 11.1. The minimum atomic E-state index is -0.826. The minimum absolute atomic E-state index is 0.477. The molecule has 1 aliphatic heterocycles. The van der Waals surface area contributed by atoms with Crippen LogP contribution in [-0.4, -0.2) is 9.52 Å². The summed E-state index contributed by atoms with van der Waals surface area (Å²) in [5, 5.41) is 8.28. The molecule has 10 aromatic carbocycles. The van der Waals surface area contributed by atoms with Crippen LogP contribution in [0.2, 0.25) is 0 Å². The quantitative estimate of drug-likeness (QED) is 0.105. The van der Waals surface area contributed by atoms with Gasteiger partial charge in [-0.05, 0) is 57.1 Å². The average Bonchev–Trinajstić information content (AvgIpc) is 4.13. The van der Waals surface area contributed by atoms with Crippen molar-refractivity contribution in [3.63, 3.8) is 0 Å². The van der Waals surface area contributed by atoms with Crippen LogP contribution in [-0.2, 0) is 20.8 Å². The zero-order chi connectivity index (χ0) is 49.3. The van der Waals surface area contributed by atoms with Gasteiger partial charge in [0.2, 0.25) is 0 Å². The zero-order valence-electron chi connectivity index (χ0n) is 41.6. The van der Waals surface area contributed by atoms with Gasteiger partial charge >= 0.3 is 37.9 Å². The Morgan fingerprint density at radius 2 is 0.800 bits per heavy atom. The van der Waals surface area contributed by atoms with E-state index < -0.39 is 20.8 Å². The number of fused-ring (bicyclic) bond motifs is 5. The Morgan fingerprint density at radius 1 is 0.414 bits per heavy atom. The van der Waals surface area contributed by atoms with E-state index in [0.717, 1.165) is 9.52 Å². The molecule has 0 fully saturated rings. The number of rotatable bonds is 8. The first kappa shape index (κ1) is 51.0. The molecule has 0 spiro atoms. The van der Waals surface area contributed by atoms with Gasteiger partial charge in [0.25, 0.3) is 0 Å². The van der Waals surface area contributed by atoms with Gasteiger partial charge in [0, 0.05) is 0 Å². The summed E-state index contributed by atoms with van der Waals surface area (Å²) in [6.45, 7) is 18.3. The summed E-state index contributed by atoms with van der Waals surface area (Å²) in [7, 11) is 10.7. The number of hydrogen-bond donors (Lipinski definition) is 0. The summed E-state index contributed by atoms with van der Waals surface area (Å²) in [5.41, 5.74) is 19.1. The van der Waals surface area contributed by atoms with Gasteiger partial charge in [0.05, 0.1) is 9.52 Å². The Labute approximate surface area is 439 Å². The zero-order valence-corrected chi connectivity index (χ0v) is 46.6. The molecule has 0 N–H and O–H groups in total. The minimum Gasteiger partial charge on any atom is -0.184 e. The number of hydrogen-bond acceptors (Lipinski definition) is 0. The summed E-state index contributed by atoms with van der Waals surface area (Å²) in [4.78, 5) is 0. The van der Waals surface area contributed by atoms with Crippen LogP contribution in [0.1, 0.15) is 101 Å². The van der Waals surface area contributed by atoms with Crippen molar-refractivity contribution in [3.8, 4) is 55.6 Å². The van der Waals surface area contributed by atoms with Crippen LogP contribution >= 0.6 is 17.0 Å². The Morgan fingerprint density at radius 3 is 1.23 bits per heavy atom. The van der Waals surface area contributed by atoms with E-state index in [-0.39, 0.29) is 0 Å². The predicted molar refractivity (Wildman–Crippen MR) is 305 cm³/mol. The average molecular weight is 1040 g/mol. The van der Waals surface area contributed by atoms with Crippen molar-refractivity contribution in [3.05, 3.63) is 229 Å². The summed E-state index contributed by atoms with van der Waals surface area (Å²) in [6, 6.07) is 76.1. The largest absolute Gasteiger partial charge is 0.184 e. The van der Waals surface area contributed by atoms with Crippen molar-refractivity contribution >= 4 is 58.5 Å². The third-order valence-corrected chi connectivity index (χ3v) is 14.7. The first-order chi connectivity index (χ1) is 34.0. The first-order valence-corrected chi connectivity index (χ1v) is 31.9. The van der Waals surface area contributed by atoms with Gasteiger partial charge in [0.15, 0.2) is 0 Å². The summed E-state index contributed by atoms with van der Waals surface area (Å²) < 4.78 is 0. The molecule has 0 aromatic heterocycles. The molecule has 70 heavy (non-hydrogen) atoms. The van der Waals surface area contributed by atoms with Crippen molar-refractivity contribution in [2.75, 3.05) is 0 Å². The van der Waals surface area contributed by atoms with Crippen LogP contribution in [0.3, 0.4) is 0 Å². The maximum atomic E-state index is 4.93. The van der Waals surface area contributed by atoms with Gasteiger partial charge in [-0.2, -0.15) is 41.6 Å². The van der Waals surface area contributed by atoms with E-state index in [2.05, 4.69) is 256 Å². The topological polar surface area (TPSA) is 0 Å². The van der Waals surface area contributed by atoms with E-state index in [1.165, 1.54) is 110 Å². The van der Waals surface area contributed by atoms with Crippen LogP contribution in [0.15, 0.2) is 200 Å². The molecule has 1 aliphatic rings. The molecule has 0 saturated carbocycles. The molecule has 0 saturated heterocycles. The molecule has 0 bridgehead atoms. The molecule has 0 amide bonds. The molecule has 0 unspecified atom stereocenters. The molecule has 0 nitrogen and oxygen atoms in total. The van der Waals surface area contributed by atoms with Crippen LogP contribution in [0, 0.1) is 6.07 Å². The van der Waals surface area contributed by atoms with Gasteiger partial charge in [-0.15, -0.1) is 74.6 Å². The predicted octanol–water partition coefficient (Wildman–Crippen LogP) is 18.8. The Bertz CT molecular complexity index is 3080. The Kier molecular flexibility index (Phi) is 17.3. The second-order valence-corrected chi connectivity index (χ2v) is 24.3. The molecule has 0 atom stereocenters. The Hall–Kier alpha value is -5.34. The van der Waals surface area contributed by atoms with Gasteiger partial charge in [-0.25, -0.2) is 0 Å². The summed E-state index contributed by atoms with van der Waals surface area (Å²) >= 11 is -0.826. The normalized spacial score (nSPS) is 11.5. The molecular weight excluding hydrogens is 983 g/mol. The van der Waals surface area contributed by atoms with Gasteiger partial charge in [-0.3, -0.25) is 0 Å². The maximum absolute atomic E-state index is 4.93. The van der Waals surface area contributed by atoms with Crippen molar-refractivity contribution in [2.24, 2.45) is 0 Å². The van der Waals surface area contributed by atoms with Gasteiger partial charge in [0.1, 0.15) is 0 Å². The molecule has 2 radical (unpaired) electrons. The number of halogens is 2. The Balaban J connectivity index is 0.000000144. The van der Waals surface area contributed by atoms with Gasteiger partial charge in [-0.1, -0.05) is 222 Å². The van der Waals surface area contributed by atoms with Crippen LogP contribution in [0.4, 0.5) is 0 Å². The molecule has 10 aromatic rings. The molecule has 350 valence electrons. The SMILES string of the molecule is CC(C)c1cc2c(-c3ccccc3-c3ccccc3)c(C(C)C)ccc2[cH-]1.CC(C)c1cc2c(-c3ccccc3-c3ccccc3)c(C(C)C)ccc2[cH-]1.[Cl][Zr][Cl].[c-]1cccc2c1[Si]c1ccccc1-2. The van der Waals surface area contributed by atoms with Crippen LogP contribution in [0.25, 0.3) is 77.2 Å². The van der Waals surface area contributed by atoms with Crippen LogP contribution in [0.5, 0.6) is 0 Å². The van der Waals surface area contributed by atoms with Crippen molar-refractivity contribution in [1.29, 1.82) is 0 Å². The number of benzene rings is 8. The third kappa shape index (κ3) is 11.4. The van der Waals surface area contributed by atoms with Crippen molar-refractivity contribution < 1.29 is 20.8 Å². The maximum Gasteiger partial charge on any atom is 0.0920 e. The molecule has 11 rings (SSSR count). The van der Waals surface area contributed by atoms with E-state index in [0.29, 0.717) is 23.7 Å². The smallest absolute Gasteiger partial charge is 0.0920 e. The molecule has 1 heterocycles. The van der Waals surface area contributed by atoms with Crippen LogP contribution < -0.4 is 10.4 Å². The summed E-state index contributed by atoms with van der Waals surface area (Å²) in [6.07, 6.45) is 0. The monoisotopic (exact) mass is 1040 g/mol. The van der Waals surface area contributed by atoms with Crippen molar-refractivity contribution in [1.82, 2.24) is 0 Å². The van der Waals surface area contributed by atoms with E-state index in [4.69, 9.17) is 17.0 Å². The molecule has 4 heteroatoms. The van der Waals surface area contributed by atoms with Crippen molar-refractivity contribution in [2.45, 2.75) is 79.1 Å². The second-order valence-electron chi connectivity index (χ2n) is 19.3. The summed E-state index contributed by atoms with van der Waals surface area (Å²) in [5.74, 6) is 2.03. The second kappa shape index (κ2) is 23.7. The standard InChI is InChI=1S/2C27H27.C12H7Si.2ClH.Zr/c2*1-18(2)22-16-21-14-15-23(19(3)4)27(26(21)17-22)25-13-9-8-12-24(25)20-10-6-5-7-11-20;1-3-7-11-9(5-1)10-6-2-4-8-12(10)13-11;;;/h2*5-19H,1-4H3;1-7H;2*1H;/q3*-1;;;+2/p-2. The van der Waals surface area contributed by atoms with E-state index in [9.17, 15) is 0 Å². The molecule has 0 aliphatic carbocycles. The van der Waals surface area contributed by atoms with Gasteiger partial charge < -0.3 is 0 Å². The van der Waals surface area contributed by atoms with E-state index >= 15 is 0 Å². The fourth-order valence-electron chi connectivity index (χ4n) is 9.74.